The summed E-state index contributed by atoms with van der Waals surface area (Å²) in [7, 11) is 1.38. The van der Waals surface area contributed by atoms with E-state index >= 15 is 0 Å². The van der Waals surface area contributed by atoms with Gasteiger partial charge in [-0.3, -0.25) is 14.3 Å². The van der Waals surface area contributed by atoms with Crippen LogP contribution in [0.3, 0.4) is 0 Å². The van der Waals surface area contributed by atoms with Crippen molar-refractivity contribution in [2.24, 2.45) is 7.05 Å². The van der Waals surface area contributed by atoms with E-state index < -0.39 is 11.2 Å². The summed E-state index contributed by atoms with van der Waals surface area (Å²) in [5, 5.41) is 4.88. The van der Waals surface area contributed by atoms with E-state index in [2.05, 4.69) is 15.1 Å². The Hall–Kier alpha value is -3.10. The molecule has 0 radical (unpaired) electrons. The number of nitrogen functional groups attached to an aromatic ring is 1. The third-order valence-electron chi connectivity index (χ3n) is 4.37. The summed E-state index contributed by atoms with van der Waals surface area (Å²) in [6.07, 6.45) is 0. The molecule has 3 N–H and O–H groups in total. The maximum atomic E-state index is 12.9. The maximum Gasteiger partial charge on any atom is 0.329 e. The lowest BCUT2D eigenvalue weighted by Crippen LogP contribution is -2.32. The maximum absolute atomic E-state index is 12.9. The Bertz CT molecular complexity index is 1320. The molecule has 0 atom stereocenters. The molecule has 8 nitrogen and oxygen atoms in total. The van der Waals surface area contributed by atoms with Crippen LogP contribution in [-0.2, 0) is 13.6 Å². The second kappa shape index (κ2) is 6.81. The molecule has 0 bridgehead atoms. The molecular weight excluding hydrogens is 403 g/mol. The van der Waals surface area contributed by atoms with E-state index in [1.807, 2.05) is 30.3 Å². The zero-order valence-corrected chi connectivity index (χ0v) is 16.1. The average Bonchev–Trinajstić information content (AvgIpc) is 3.01. The molecule has 0 amide bonds. The van der Waals surface area contributed by atoms with Crippen LogP contribution in [0.2, 0.25) is 10.2 Å². The molecule has 4 rings (SSSR count). The van der Waals surface area contributed by atoms with Crippen LogP contribution in [0.15, 0.2) is 46.0 Å². The van der Waals surface area contributed by atoms with Gasteiger partial charge in [-0.25, -0.2) is 14.5 Å². The number of aromatic nitrogens is 5. The predicted molar refractivity (Wildman–Crippen MR) is 109 cm³/mol. The van der Waals surface area contributed by atoms with Crippen LogP contribution in [0.1, 0.15) is 5.56 Å². The van der Waals surface area contributed by atoms with Gasteiger partial charge in [0.05, 0.1) is 11.6 Å². The van der Waals surface area contributed by atoms with Crippen molar-refractivity contribution in [1.82, 2.24) is 24.3 Å². The molecule has 3 heterocycles. The number of rotatable bonds is 3. The number of aromatic amines is 1. The molecule has 1 aromatic carbocycles. The highest BCUT2D eigenvalue weighted by molar-refractivity contribution is 6.43. The molecule has 0 spiro atoms. The molecule has 0 fully saturated rings. The number of hydrogen-bond acceptors (Lipinski definition) is 5. The smallest absolute Gasteiger partial charge is 0.329 e. The molecule has 3 aromatic heterocycles. The molecule has 0 saturated carbocycles. The van der Waals surface area contributed by atoms with Crippen LogP contribution in [0.5, 0.6) is 0 Å². The van der Waals surface area contributed by atoms with E-state index in [1.165, 1.54) is 13.1 Å². The number of H-pyrrole nitrogens is 1. The number of fused-ring (bicyclic) bond motifs is 1. The number of benzene rings is 1. The summed E-state index contributed by atoms with van der Waals surface area (Å²) in [6, 6.07) is 11.0. The summed E-state index contributed by atoms with van der Waals surface area (Å²) in [4.78, 5) is 31.6. The number of nitrogens with one attached hydrogen (secondary N) is 1. The van der Waals surface area contributed by atoms with Crippen LogP contribution in [0.4, 0.5) is 5.82 Å². The van der Waals surface area contributed by atoms with Gasteiger partial charge in [-0.15, -0.1) is 0 Å². The van der Waals surface area contributed by atoms with E-state index in [1.54, 1.807) is 4.68 Å². The SMILES string of the molecule is Cn1c(=O)[nH]c2c(c(-c3cc(N)nc(Cl)c3Cl)nn2Cc2ccccc2)c1=O. The molecule has 142 valence electrons. The summed E-state index contributed by atoms with van der Waals surface area (Å²) in [5.74, 6) is 0.136. The topological polar surface area (TPSA) is 112 Å². The first-order valence-corrected chi connectivity index (χ1v) is 8.98. The first-order chi connectivity index (χ1) is 13.4. The molecule has 0 unspecified atom stereocenters. The Morgan fingerprint density at radius 2 is 1.89 bits per heavy atom. The quantitative estimate of drug-likeness (QED) is 0.498. The molecule has 0 aliphatic carbocycles. The van der Waals surface area contributed by atoms with E-state index in [0.717, 1.165) is 10.1 Å². The number of pyridine rings is 1. The highest BCUT2D eigenvalue weighted by atomic mass is 35.5. The van der Waals surface area contributed by atoms with Gasteiger partial charge in [-0.2, -0.15) is 5.10 Å². The summed E-state index contributed by atoms with van der Waals surface area (Å²) < 4.78 is 2.52. The number of halogens is 2. The van der Waals surface area contributed by atoms with Crippen LogP contribution in [0, 0.1) is 0 Å². The minimum Gasteiger partial charge on any atom is -0.384 e. The lowest BCUT2D eigenvalue weighted by Gasteiger charge is -2.05. The number of nitrogens with zero attached hydrogens (tertiary/aromatic N) is 4. The van der Waals surface area contributed by atoms with Crippen molar-refractivity contribution in [2.75, 3.05) is 5.73 Å². The van der Waals surface area contributed by atoms with E-state index in [4.69, 9.17) is 28.9 Å². The molecule has 28 heavy (non-hydrogen) atoms. The molecule has 10 heteroatoms. The van der Waals surface area contributed by atoms with Crippen LogP contribution < -0.4 is 17.0 Å². The fourth-order valence-electron chi connectivity index (χ4n) is 2.99. The lowest BCUT2D eigenvalue weighted by molar-refractivity contribution is 0.698. The Labute approximate surface area is 168 Å². The normalized spacial score (nSPS) is 11.2. The highest BCUT2D eigenvalue weighted by Crippen LogP contribution is 2.35. The van der Waals surface area contributed by atoms with Crippen LogP contribution >= 0.6 is 23.2 Å². The van der Waals surface area contributed by atoms with Gasteiger partial charge in [0.15, 0.2) is 5.15 Å². The molecule has 0 aliphatic heterocycles. The molecule has 4 aromatic rings. The van der Waals surface area contributed by atoms with Gasteiger partial charge in [-0.1, -0.05) is 53.5 Å². The van der Waals surface area contributed by atoms with E-state index in [-0.39, 0.29) is 32.7 Å². The third kappa shape index (κ3) is 2.96. The standard InChI is InChI=1S/C18H14Cl2N6O2/c1-25-17(27)12-14(10-7-11(21)22-15(20)13(10)19)24-26(16(12)23-18(25)28)8-9-5-3-2-4-6-9/h2-7H,8H2,1H3,(H2,21,22)(H,23,28). The van der Waals surface area contributed by atoms with Crippen molar-refractivity contribution >= 4 is 40.1 Å². The van der Waals surface area contributed by atoms with Gasteiger partial charge < -0.3 is 5.73 Å². The van der Waals surface area contributed by atoms with E-state index in [0.29, 0.717) is 12.1 Å². The van der Waals surface area contributed by atoms with E-state index in [9.17, 15) is 9.59 Å². The Kier molecular flexibility index (Phi) is 4.44. The van der Waals surface area contributed by atoms with Crippen molar-refractivity contribution in [3.8, 4) is 11.3 Å². The largest absolute Gasteiger partial charge is 0.384 e. The zero-order valence-electron chi connectivity index (χ0n) is 14.6. The fourth-order valence-corrected chi connectivity index (χ4v) is 3.37. The second-order valence-corrected chi connectivity index (χ2v) is 6.95. The number of anilines is 1. The van der Waals surface area contributed by atoms with Gasteiger partial charge in [0, 0.05) is 12.6 Å². The molecule has 0 aliphatic rings. The zero-order chi connectivity index (χ0) is 20.0. The van der Waals surface area contributed by atoms with Crippen molar-refractivity contribution in [2.45, 2.75) is 6.54 Å². The summed E-state index contributed by atoms with van der Waals surface area (Å²) in [6.45, 7) is 0.340. The first kappa shape index (κ1) is 18.3. The van der Waals surface area contributed by atoms with Crippen molar-refractivity contribution < 1.29 is 0 Å². The van der Waals surface area contributed by atoms with Crippen LogP contribution in [-0.4, -0.2) is 24.3 Å². The van der Waals surface area contributed by atoms with Crippen molar-refractivity contribution in [1.29, 1.82) is 0 Å². The first-order valence-electron chi connectivity index (χ1n) is 8.22. The highest BCUT2D eigenvalue weighted by Gasteiger charge is 2.22. The van der Waals surface area contributed by atoms with Gasteiger partial charge >= 0.3 is 5.69 Å². The van der Waals surface area contributed by atoms with Crippen molar-refractivity contribution in [3.05, 3.63) is 73.0 Å². The minimum absolute atomic E-state index is 0.00340. The van der Waals surface area contributed by atoms with Gasteiger partial charge in [0.25, 0.3) is 5.56 Å². The molecular formula is C18H14Cl2N6O2. The third-order valence-corrected chi connectivity index (χ3v) is 5.12. The molecule has 0 saturated heterocycles. The lowest BCUT2D eigenvalue weighted by atomic mass is 10.1. The van der Waals surface area contributed by atoms with Crippen molar-refractivity contribution in [3.63, 3.8) is 0 Å². The Morgan fingerprint density at radius 1 is 1.18 bits per heavy atom. The monoisotopic (exact) mass is 416 g/mol. The number of nitrogens with two attached hydrogens (primary N) is 1. The second-order valence-electron chi connectivity index (χ2n) is 6.21. The van der Waals surface area contributed by atoms with Gasteiger partial charge in [0.1, 0.15) is 22.5 Å². The van der Waals surface area contributed by atoms with Gasteiger partial charge in [0.2, 0.25) is 0 Å². The predicted octanol–water partition coefficient (Wildman–Crippen LogP) is 2.42. The Morgan fingerprint density at radius 3 is 2.61 bits per heavy atom. The minimum atomic E-state index is -0.545. The summed E-state index contributed by atoms with van der Waals surface area (Å²) >= 11 is 12.4. The van der Waals surface area contributed by atoms with Crippen LogP contribution in [0.25, 0.3) is 22.3 Å². The average molecular weight is 417 g/mol. The van der Waals surface area contributed by atoms with Gasteiger partial charge in [-0.05, 0) is 11.6 Å². The number of hydrogen-bond donors (Lipinski definition) is 2. The fraction of sp³-hybridized carbons (Fsp3) is 0.111. The Balaban J connectivity index is 2.06. The summed E-state index contributed by atoms with van der Waals surface area (Å²) in [5.41, 5.74) is 6.61.